The van der Waals surface area contributed by atoms with Crippen molar-refractivity contribution in [3.63, 3.8) is 0 Å². The van der Waals surface area contributed by atoms with Crippen LogP contribution in [0.5, 0.6) is 0 Å². The van der Waals surface area contributed by atoms with E-state index in [0.717, 1.165) is 61.2 Å². The van der Waals surface area contributed by atoms with Crippen molar-refractivity contribution in [3.8, 4) is 21.1 Å². The Morgan fingerprint density at radius 3 is 1.05 bits per heavy atom. The Hall–Kier alpha value is -1.94. The van der Waals surface area contributed by atoms with E-state index < -0.39 is 34.4 Å². The average molecular weight is 599 g/mol. The fourth-order valence-electron chi connectivity index (χ4n) is 4.74. The smallest absolute Gasteiger partial charge is 0.173 e. The van der Waals surface area contributed by atoms with E-state index >= 15 is 17.6 Å². The van der Waals surface area contributed by atoms with E-state index in [1.54, 1.807) is 0 Å². The number of halogens is 4. The summed E-state index contributed by atoms with van der Waals surface area (Å²) in [6, 6.07) is 0. The summed E-state index contributed by atoms with van der Waals surface area (Å²) in [5, 5.41) is 16.6. The standard InChI is InChI=1S/C30H42F4N4S2/c1-3-5-7-9-11-13-15-17-19-21-35-37-29(39-21)23-25(31)27(33)24(28(34)26(23)32)30-38-36-22(40-30)20-18-16-14-12-10-8-6-4-2/h3-20H2,1-2H3. The fraction of sp³-hybridized carbons (Fsp3) is 0.667. The van der Waals surface area contributed by atoms with E-state index in [0.29, 0.717) is 22.9 Å². The maximum Gasteiger partial charge on any atom is 0.173 e. The molecule has 0 N–H and O–H groups in total. The fourth-order valence-corrected chi connectivity index (χ4v) is 6.57. The molecule has 0 unspecified atom stereocenters. The zero-order valence-corrected chi connectivity index (χ0v) is 25.5. The van der Waals surface area contributed by atoms with Crippen LogP contribution in [0.1, 0.15) is 127 Å². The van der Waals surface area contributed by atoms with E-state index in [-0.39, 0.29) is 10.0 Å². The second-order valence-corrected chi connectivity index (χ2v) is 12.6. The van der Waals surface area contributed by atoms with Crippen LogP contribution in [0.25, 0.3) is 21.1 Å². The molecular weight excluding hydrogens is 556 g/mol. The summed E-state index contributed by atoms with van der Waals surface area (Å²) >= 11 is 1.94. The minimum absolute atomic E-state index is 0.165. The molecular formula is C30H42F4N4S2. The number of nitrogens with zero attached hydrogens (tertiary/aromatic N) is 4. The van der Waals surface area contributed by atoms with Crippen molar-refractivity contribution in [2.75, 3.05) is 0 Å². The van der Waals surface area contributed by atoms with E-state index in [1.807, 2.05) is 0 Å². The first-order valence-electron chi connectivity index (χ1n) is 15.0. The van der Waals surface area contributed by atoms with Crippen LogP contribution in [0.15, 0.2) is 0 Å². The van der Waals surface area contributed by atoms with Crippen LogP contribution in [0.4, 0.5) is 17.6 Å². The first-order valence-corrected chi connectivity index (χ1v) is 16.6. The Bertz CT molecular complexity index is 1050. The molecule has 0 spiro atoms. The van der Waals surface area contributed by atoms with Crippen molar-refractivity contribution in [1.29, 1.82) is 0 Å². The minimum atomic E-state index is -1.48. The average Bonchev–Trinajstić information content (AvgIpc) is 3.61. The Morgan fingerprint density at radius 2 is 0.725 bits per heavy atom. The molecule has 0 aliphatic heterocycles. The van der Waals surface area contributed by atoms with Gasteiger partial charge in [-0.25, -0.2) is 17.6 Å². The third kappa shape index (κ3) is 9.57. The molecule has 222 valence electrons. The third-order valence-corrected chi connectivity index (χ3v) is 9.11. The van der Waals surface area contributed by atoms with Crippen LogP contribution in [0.3, 0.4) is 0 Å². The normalized spacial score (nSPS) is 11.6. The van der Waals surface area contributed by atoms with Gasteiger partial charge in [0.05, 0.1) is 11.1 Å². The van der Waals surface area contributed by atoms with Crippen LogP contribution < -0.4 is 0 Å². The van der Waals surface area contributed by atoms with Crippen molar-refractivity contribution in [1.82, 2.24) is 20.4 Å². The number of aromatic nitrogens is 4. The number of rotatable bonds is 20. The van der Waals surface area contributed by atoms with Gasteiger partial charge in [0.1, 0.15) is 10.0 Å². The van der Waals surface area contributed by atoms with Crippen LogP contribution >= 0.6 is 22.7 Å². The second kappa shape index (κ2) is 17.8. The van der Waals surface area contributed by atoms with Gasteiger partial charge in [0.25, 0.3) is 0 Å². The number of unbranched alkanes of at least 4 members (excludes halogenated alkanes) is 14. The van der Waals surface area contributed by atoms with Crippen molar-refractivity contribution in [3.05, 3.63) is 33.3 Å². The van der Waals surface area contributed by atoms with Crippen LogP contribution in [0.2, 0.25) is 0 Å². The Balaban J connectivity index is 1.58. The molecule has 0 saturated heterocycles. The van der Waals surface area contributed by atoms with Gasteiger partial charge in [0.15, 0.2) is 33.3 Å². The highest BCUT2D eigenvalue weighted by molar-refractivity contribution is 7.15. The number of hydrogen-bond acceptors (Lipinski definition) is 6. The lowest BCUT2D eigenvalue weighted by Crippen LogP contribution is -2.03. The summed E-state index contributed by atoms with van der Waals surface area (Å²) < 4.78 is 60.3. The zero-order chi connectivity index (χ0) is 28.7. The lowest BCUT2D eigenvalue weighted by Gasteiger charge is -2.08. The summed E-state index contributed by atoms with van der Waals surface area (Å²) in [7, 11) is 0. The van der Waals surface area contributed by atoms with Gasteiger partial charge >= 0.3 is 0 Å². The summed E-state index contributed by atoms with van der Waals surface area (Å²) in [5.74, 6) is -5.93. The molecule has 2 aromatic heterocycles. The van der Waals surface area contributed by atoms with Gasteiger partial charge in [-0.1, -0.05) is 126 Å². The minimum Gasteiger partial charge on any atom is -0.203 e. The second-order valence-electron chi connectivity index (χ2n) is 10.5. The topological polar surface area (TPSA) is 51.6 Å². The third-order valence-electron chi connectivity index (χ3n) is 7.11. The van der Waals surface area contributed by atoms with Gasteiger partial charge in [0, 0.05) is 12.8 Å². The first kappa shape index (κ1) is 32.6. The van der Waals surface area contributed by atoms with Crippen LogP contribution in [0, 0.1) is 23.3 Å². The van der Waals surface area contributed by atoms with E-state index in [1.165, 1.54) is 64.2 Å². The van der Waals surface area contributed by atoms with Crippen molar-refractivity contribution < 1.29 is 17.6 Å². The Kier molecular flexibility index (Phi) is 14.5. The van der Waals surface area contributed by atoms with E-state index in [9.17, 15) is 0 Å². The van der Waals surface area contributed by atoms with Gasteiger partial charge < -0.3 is 0 Å². The highest BCUT2D eigenvalue weighted by Crippen LogP contribution is 2.39. The summed E-state index contributed by atoms with van der Waals surface area (Å²) in [5.41, 5.74) is -1.64. The largest absolute Gasteiger partial charge is 0.203 e. The molecule has 0 bridgehead atoms. The van der Waals surface area contributed by atoms with Crippen LogP contribution in [-0.4, -0.2) is 20.4 Å². The Labute approximate surface area is 244 Å². The molecule has 0 amide bonds. The van der Waals surface area contributed by atoms with Gasteiger partial charge in [-0.3, -0.25) is 0 Å². The lowest BCUT2D eigenvalue weighted by atomic mass is 10.1. The molecule has 0 fully saturated rings. The van der Waals surface area contributed by atoms with Crippen molar-refractivity contribution in [2.24, 2.45) is 0 Å². The molecule has 0 aliphatic rings. The Morgan fingerprint density at radius 1 is 0.425 bits per heavy atom. The van der Waals surface area contributed by atoms with Gasteiger partial charge in [-0.2, -0.15) is 0 Å². The van der Waals surface area contributed by atoms with Gasteiger partial charge in [0.2, 0.25) is 0 Å². The van der Waals surface area contributed by atoms with Crippen LogP contribution in [-0.2, 0) is 12.8 Å². The molecule has 10 heteroatoms. The summed E-state index contributed by atoms with van der Waals surface area (Å²) in [6.07, 6.45) is 19.7. The molecule has 0 saturated carbocycles. The zero-order valence-electron chi connectivity index (χ0n) is 23.8. The first-order chi connectivity index (χ1) is 19.5. The lowest BCUT2D eigenvalue weighted by molar-refractivity contribution is 0.462. The predicted octanol–water partition coefficient (Wildman–Crippen LogP) is 10.6. The summed E-state index contributed by atoms with van der Waals surface area (Å²) in [4.78, 5) is 0. The van der Waals surface area contributed by atoms with E-state index in [4.69, 9.17) is 0 Å². The number of benzene rings is 1. The molecule has 3 aromatic rings. The molecule has 0 aliphatic carbocycles. The number of aryl methyl sites for hydroxylation is 2. The maximum atomic E-state index is 15.1. The monoisotopic (exact) mass is 598 g/mol. The van der Waals surface area contributed by atoms with Gasteiger partial charge in [-0.05, 0) is 12.8 Å². The van der Waals surface area contributed by atoms with Crippen molar-refractivity contribution in [2.45, 2.75) is 129 Å². The molecule has 40 heavy (non-hydrogen) atoms. The molecule has 0 radical (unpaired) electrons. The quantitative estimate of drug-likeness (QED) is 0.0737. The maximum absolute atomic E-state index is 15.1. The predicted molar refractivity (Wildman–Crippen MR) is 157 cm³/mol. The molecule has 3 rings (SSSR count). The SMILES string of the molecule is CCCCCCCCCCc1nnc(-c2c(F)c(F)c(-c3nnc(CCCCCCCCCC)s3)c(F)c2F)s1. The molecule has 1 aromatic carbocycles. The molecule has 4 nitrogen and oxygen atoms in total. The highest BCUT2D eigenvalue weighted by Gasteiger charge is 2.30. The number of hydrogen-bond donors (Lipinski definition) is 0. The molecule has 2 heterocycles. The summed E-state index contributed by atoms with van der Waals surface area (Å²) in [6.45, 7) is 4.38. The van der Waals surface area contributed by atoms with E-state index in [2.05, 4.69) is 34.2 Å². The van der Waals surface area contributed by atoms with Crippen molar-refractivity contribution >= 4 is 22.7 Å². The molecule has 0 atom stereocenters. The highest BCUT2D eigenvalue weighted by atomic mass is 32.1. The van der Waals surface area contributed by atoms with Gasteiger partial charge in [-0.15, -0.1) is 20.4 Å².